The molecule has 2 aromatic heterocycles. The number of amides is 1. The molecule has 23 heavy (non-hydrogen) atoms. The average Bonchev–Trinajstić information content (AvgIpc) is 3.06. The fourth-order valence-electron chi connectivity index (χ4n) is 2.12. The minimum Gasteiger partial charge on any atom is -0.481 e. The Labute approximate surface area is 137 Å². The van der Waals surface area contributed by atoms with Crippen molar-refractivity contribution < 1.29 is 14.7 Å². The predicted octanol–water partition coefficient (Wildman–Crippen LogP) is 2.22. The standard InChI is InChI=1S/C15H18N4O3S/c1-3-15(4-2,14(21)22)9-18-12(20)11-8-23-13(19-11)10-7-16-5-6-17-10/h5-8H,3-4,9H2,1-2H3,(H,18,20)(H,21,22). The first-order valence-corrected chi connectivity index (χ1v) is 8.14. The number of thiazole rings is 1. The van der Waals surface area contributed by atoms with E-state index >= 15 is 0 Å². The lowest BCUT2D eigenvalue weighted by atomic mass is 9.82. The Balaban J connectivity index is 2.07. The van der Waals surface area contributed by atoms with Gasteiger partial charge >= 0.3 is 5.97 Å². The second-order valence-electron chi connectivity index (χ2n) is 5.10. The second kappa shape index (κ2) is 7.28. The van der Waals surface area contributed by atoms with Crippen molar-refractivity contribution in [1.29, 1.82) is 0 Å². The molecule has 0 spiro atoms. The van der Waals surface area contributed by atoms with Gasteiger partial charge in [0.2, 0.25) is 0 Å². The fourth-order valence-corrected chi connectivity index (χ4v) is 2.88. The van der Waals surface area contributed by atoms with Gasteiger partial charge in [-0.05, 0) is 12.8 Å². The van der Waals surface area contributed by atoms with E-state index in [1.54, 1.807) is 37.8 Å². The van der Waals surface area contributed by atoms with E-state index in [0.717, 1.165) is 0 Å². The molecule has 0 aromatic carbocycles. The molecule has 2 N–H and O–H groups in total. The summed E-state index contributed by atoms with van der Waals surface area (Å²) in [7, 11) is 0. The predicted molar refractivity (Wildman–Crippen MR) is 86.1 cm³/mol. The number of nitrogens with zero attached hydrogens (tertiary/aromatic N) is 3. The molecule has 0 saturated heterocycles. The van der Waals surface area contributed by atoms with Gasteiger partial charge in [-0.3, -0.25) is 19.6 Å². The van der Waals surface area contributed by atoms with Gasteiger partial charge in [0.05, 0.1) is 11.6 Å². The van der Waals surface area contributed by atoms with Crippen molar-refractivity contribution in [3.63, 3.8) is 0 Å². The van der Waals surface area contributed by atoms with Crippen LogP contribution in [0.3, 0.4) is 0 Å². The van der Waals surface area contributed by atoms with Crippen LogP contribution in [0.15, 0.2) is 24.0 Å². The summed E-state index contributed by atoms with van der Waals surface area (Å²) in [6.07, 6.45) is 5.58. The lowest BCUT2D eigenvalue weighted by molar-refractivity contribution is -0.149. The molecule has 0 aliphatic carbocycles. The van der Waals surface area contributed by atoms with Gasteiger partial charge in [0.15, 0.2) is 0 Å². The summed E-state index contributed by atoms with van der Waals surface area (Å²) < 4.78 is 0. The van der Waals surface area contributed by atoms with Crippen LogP contribution in [0.25, 0.3) is 10.7 Å². The van der Waals surface area contributed by atoms with E-state index in [-0.39, 0.29) is 18.1 Å². The monoisotopic (exact) mass is 334 g/mol. The van der Waals surface area contributed by atoms with Crippen molar-refractivity contribution in [3.05, 3.63) is 29.7 Å². The molecule has 1 amide bonds. The maximum atomic E-state index is 12.2. The Morgan fingerprint density at radius 1 is 1.30 bits per heavy atom. The number of carbonyl (C=O) groups is 2. The van der Waals surface area contributed by atoms with E-state index in [4.69, 9.17) is 0 Å². The lowest BCUT2D eigenvalue weighted by Crippen LogP contribution is -2.42. The van der Waals surface area contributed by atoms with Gasteiger partial charge in [-0.1, -0.05) is 13.8 Å². The molecule has 0 saturated carbocycles. The largest absolute Gasteiger partial charge is 0.481 e. The van der Waals surface area contributed by atoms with Crippen molar-refractivity contribution in [2.45, 2.75) is 26.7 Å². The van der Waals surface area contributed by atoms with Gasteiger partial charge in [-0.2, -0.15) is 0 Å². The van der Waals surface area contributed by atoms with Gasteiger partial charge in [0.25, 0.3) is 5.91 Å². The summed E-state index contributed by atoms with van der Waals surface area (Å²) in [6, 6.07) is 0. The third-order valence-corrected chi connectivity index (χ3v) is 4.78. The normalized spacial score (nSPS) is 11.2. The first kappa shape index (κ1) is 17.0. The van der Waals surface area contributed by atoms with Crippen molar-refractivity contribution in [1.82, 2.24) is 20.3 Å². The number of hydrogen-bond acceptors (Lipinski definition) is 6. The fraction of sp³-hybridized carbons (Fsp3) is 0.400. The minimum absolute atomic E-state index is 0.0756. The first-order valence-electron chi connectivity index (χ1n) is 7.26. The van der Waals surface area contributed by atoms with Crippen LogP contribution in [0.4, 0.5) is 0 Å². The third kappa shape index (κ3) is 3.70. The molecular formula is C15H18N4O3S. The molecule has 2 heterocycles. The number of nitrogens with one attached hydrogen (secondary N) is 1. The number of rotatable bonds is 7. The summed E-state index contributed by atoms with van der Waals surface area (Å²) in [5.74, 6) is -1.29. The van der Waals surface area contributed by atoms with Crippen molar-refractivity contribution in [2.75, 3.05) is 6.54 Å². The second-order valence-corrected chi connectivity index (χ2v) is 5.96. The molecule has 2 rings (SSSR count). The highest BCUT2D eigenvalue weighted by molar-refractivity contribution is 7.13. The molecule has 2 aromatic rings. The van der Waals surface area contributed by atoms with Gasteiger partial charge in [0, 0.05) is 24.3 Å². The number of aromatic nitrogens is 3. The van der Waals surface area contributed by atoms with E-state index in [2.05, 4.69) is 20.3 Å². The highest BCUT2D eigenvalue weighted by Crippen LogP contribution is 2.26. The SMILES string of the molecule is CCC(CC)(CNC(=O)c1csc(-c2cnccn2)n1)C(=O)O. The Kier molecular flexibility index (Phi) is 5.38. The molecule has 0 aliphatic rings. The lowest BCUT2D eigenvalue weighted by Gasteiger charge is -2.26. The average molecular weight is 334 g/mol. The summed E-state index contributed by atoms with van der Waals surface area (Å²) in [6.45, 7) is 3.68. The van der Waals surface area contributed by atoms with Gasteiger partial charge in [-0.15, -0.1) is 11.3 Å². The van der Waals surface area contributed by atoms with Crippen molar-refractivity contribution in [3.8, 4) is 10.7 Å². The zero-order valence-corrected chi connectivity index (χ0v) is 13.8. The number of aliphatic carboxylic acids is 1. The smallest absolute Gasteiger partial charge is 0.311 e. The summed E-state index contributed by atoms with van der Waals surface area (Å²) in [5, 5.41) is 14.3. The van der Waals surface area contributed by atoms with Crippen LogP contribution in [-0.4, -0.2) is 38.5 Å². The van der Waals surface area contributed by atoms with Gasteiger partial charge in [0.1, 0.15) is 16.4 Å². The van der Waals surface area contributed by atoms with Crippen molar-refractivity contribution >= 4 is 23.2 Å². The van der Waals surface area contributed by atoms with Crippen LogP contribution in [0.1, 0.15) is 37.2 Å². The molecule has 0 radical (unpaired) electrons. The van der Waals surface area contributed by atoms with E-state index < -0.39 is 11.4 Å². The van der Waals surface area contributed by atoms with Crippen LogP contribution < -0.4 is 5.32 Å². The van der Waals surface area contributed by atoms with Crippen LogP contribution in [0.2, 0.25) is 0 Å². The molecular weight excluding hydrogens is 316 g/mol. The third-order valence-electron chi connectivity index (χ3n) is 3.91. The van der Waals surface area contributed by atoms with Crippen LogP contribution in [0, 0.1) is 5.41 Å². The maximum Gasteiger partial charge on any atom is 0.311 e. The molecule has 8 heteroatoms. The Hall–Kier alpha value is -2.35. The molecule has 122 valence electrons. The maximum absolute atomic E-state index is 12.2. The van der Waals surface area contributed by atoms with E-state index in [1.807, 2.05) is 0 Å². The summed E-state index contributed by atoms with van der Waals surface area (Å²) in [4.78, 5) is 36.0. The van der Waals surface area contributed by atoms with E-state index in [1.165, 1.54) is 11.3 Å². The Morgan fingerprint density at radius 2 is 2.04 bits per heavy atom. The molecule has 7 nitrogen and oxygen atoms in total. The number of hydrogen-bond donors (Lipinski definition) is 2. The van der Waals surface area contributed by atoms with Crippen LogP contribution in [0.5, 0.6) is 0 Å². The number of carboxylic acid groups (broad SMARTS) is 1. The molecule has 0 atom stereocenters. The highest BCUT2D eigenvalue weighted by atomic mass is 32.1. The van der Waals surface area contributed by atoms with Gasteiger partial charge in [-0.25, -0.2) is 4.98 Å². The van der Waals surface area contributed by atoms with Crippen LogP contribution >= 0.6 is 11.3 Å². The molecule has 0 bridgehead atoms. The molecule has 0 aliphatic heterocycles. The van der Waals surface area contributed by atoms with Gasteiger partial charge < -0.3 is 10.4 Å². The number of carbonyl (C=O) groups excluding carboxylic acids is 1. The van der Waals surface area contributed by atoms with E-state index in [9.17, 15) is 14.7 Å². The molecule has 0 fully saturated rings. The van der Waals surface area contributed by atoms with Crippen LogP contribution in [-0.2, 0) is 4.79 Å². The minimum atomic E-state index is -0.945. The van der Waals surface area contributed by atoms with E-state index in [0.29, 0.717) is 23.5 Å². The number of carboxylic acids is 1. The van der Waals surface area contributed by atoms with Crippen molar-refractivity contribution in [2.24, 2.45) is 5.41 Å². The highest BCUT2D eigenvalue weighted by Gasteiger charge is 2.35. The summed E-state index contributed by atoms with van der Waals surface area (Å²) >= 11 is 1.29. The quantitative estimate of drug-likeness (QED) is 0.804. The zero-order chi connectivity index (χ0) is 16.9. The zero-order valence-electron chi connectivity index (χ0n) is 12.9. The Bertz CT molecular complexity index is 683. The first-order chi connectivity index (χ1) is 11.0. The Morgan fingerprint density at radius 3 is 2.61 bits per heavy atom. The topological polar surface area (TPSA) is 105 Å². The molecule has 0 unspecified atom stereocenters. The summed E-state index contributed by atoms with van der Waals surface area (Å²) in [5.41, 5.74) is -0.0972.